The number of aliphatic carboxylic acids is 1. The summed E-state index contributed by atoms with van der Waals surface area (Å²) in [5.41, 5.74) is 0.655. The summed E-state index contributed by atoms with van der Waals surface area (Å²) in [6.45, 7) is 3.32. The molecular formula is C21H21FN2O4. The first-order chi connectivity index (χ1) is 13.3. The van der Waals surface area contributed by atoms with Crippen molar-refractivity contribution >= 4 is 23.9 Å². The van der Waals surface area contributed by atoms with Crippen LogP contribution < -0.4 is 10.6 Å². The Hall–Kier alpha value is -3.48. The predicted molar refractivity (Wildman–Crippen MR) is 103 cm³/mol. The number of hydrogen-bond acceptors (Lipinski definition) is 3. The monoisotopic (exact) mass is 384 g/mol. The Balaban J connectivity index is 2.32. The molecule has 0 heterocycles. The van der Waals surface area contributed by atoms with E-state index in [2.05, 4.69) is 10.6 Å². The summed E-state index contributed by atoms with van der Waals surface area (Å²) in [5.74, 6) is -3.27. The van der Waals surface area contributed by atoms with Gasteiger partial charge in [0.05, 0.1) is 0 Å². The van der Waals surface area contributed by atoms with Crippen LogP contribution in [0.3, 0.4) is 0 Å². The zero-order valence-electron chi connectivity index (χ0n) is 15.5. The summed E-state index contributed by atoms with van der Waals surface area (Å²) >= 11 is 0. The van der Waals surface area contributed by atoms with Crippen LogP contribution in [0.1, 0.15) is 29.8 Å². The van der Waals surface area contributed by atoms with Crippen LogP contribution in [0.15, 0.2) is 60.3 Å². The molecule has 2 aromatic carbocycles. The Morgan fingerprint density at radius 2 is 1.61 bits per heavy atom. The fraction of sp³-hybridized carbons (Fsp3) is 0.190. The van der Waals surface area contributed by atoms with Gasteiger partial charge in [-0.2, -0.15) is 0 Å². The second kappa shape index (κ2) is 9.45. The summed E-state index contributed by atoms with van der Waals surface area (Å²) < 4.78 is 13.1. The van der Waals surface area contributed by atoms with Crippen LogP contribution >= 0.6 is 0 Å². The van der Waals surface area contributed by atoms with E-state index >= 15 is 0 Å². The molecule has 7 heteroatoms. The van der Waals surface area contributed by atoms with Crippen LogP contribution in [-0.2, 0) is 9.59 Å². The number of rotatable bonds is 7. The number of hydrogen-bond donors (Lipinski definition) is 3. The van der Waals surface area contributed by atoms with Gasteiger partial charge in [0, 0.05) is 5.56 Å². The Morgan fingerprint density at radius 1 is 1.00 bits per heavy atom. The minimum atomic E-state index is -1.18. The van der Waals surface area contributed by atoms with Gasteiger partial charge in [0.1, 0.15) is 17.6 Å². The van der Waals surface area contributed by atoms with E-state index in [0.29, 0.717) is 11.1 Å². The molecule has 0 saturated carbocycles. The summed E-state index contributed by atoms with van der Waals surface area (Å²) in [7, 11) is 0. The zero-order chi connectivity index (χ0) is 20.7. The number of benzene rings is 2. The average Bonchev–Trinajstić information content (AvgIpc) is 2.67. The third-order valence-corrected chi connectivity index (χ3v) is 3.93. The van der Waals surface area contributed by atoms with Gasteiger partial charge >= 0.3 is 5.97 Å². The van der Waals surface area contributed by atoms with Gasteiger partial charge in [-0.3, -0.25) is 9.59 Å². The minimum absolute atomic E-state index is 0.146. The van der Waals surface area contributed by atoms with Crippen molar-refractivity contribution in [2.24, 2.45) is 5.92 Å². The first kappa shape index (κ1) is 20.8. The average molecular weight is 384 g/mol. The largest absolute Gasteiger partial charge is 0.480 e. The number of nitrogens with one attached hydrogen (secondary N) is 2. The van der Waals surface area contributed by atoms with Crippen LogP contribution in [0.2, 0.25) is 0 Å². The summed E-state index contributed by atoms with van der Waals surface area (Å²) in [6.07, 6.45) is 1.36. The van der Waals surface area contributed by atoms with Gasteiger partial charge in [-0.25, -0.2) is 9.18 Å². The fourth-order valence-corrected chi connectivity index (χ4v) is 2.40. The second-order valence-electron chi connectivity index (χ2n) is 6.46. The van der Waals surface area contributed by atoms with Crippen molar-refractivity contribution in [2.45, 2.75) is 19.9 Å². The van der Waals surface area contributed by atoms with E-state index in [1.54, 1.807) is 44.2 Å². The van der Waals surface area contributed by atoms with Gasteiger partial charge in [-0.05, 0) is 41.8 Å². The highest BCUT2D eigenvalue weighted by atomic mass is 19.1. The topological polar surface area (TPSA) is 95.5 Å². The van der Waals surface area contributed by atoms with Gasteiger partial charge in [-0.15, -0.1) is 0 Å². The predicted octanol–water partition coefficient (Wildman–Crippen LogP) is 2.82. The maximum Gasteiger partial charge on any atom is 0.326 e. The normalized spacial score (nSPS) is 12.4. The third kappa shape index (κ3) is 5.77. The smallest absolute Gasteiger partial charge is 0.326 e. The molecule has 0 aliphatic heterocycles. The molecule has 0 fully saturated rings. The van der Waals surface area contributed by atoms with E-state index in [4.69, 9.17) is 0 Å². The zero-order valence-corrected chi connectivity index (χ0v) is 15.5. The maximum absolute atomic E-state index is 13.1. The van der Waals surface area contributed by atoms with Gasteiger partial charge < -0.3 is 15.7 Å². The van der Waals surface area contributed by atoms with Crippen molar-refractivity contribution in [3.8, 4) is 0 Å². The molecule has 0 aliphatic carbocycles. The first-order valence-corrected chi connectivity index (χ1v) is 8.65. The van der Waals surface area contributed by atoms with Crippen molar-refractivity contribution < 1.29 is 23.9 Å². The summed E-state index contributed by atoms with van der Waals surface area (Å²) in [5, 5.41) is 14.2. The molecule has 0 spiro atoms. The van der Waals surface area contributed by atoms with E-state index in [1.165, 1.54) is 30.3 Å². The molecule has 1 atom stereocenters. The molecule has 6 nitrogen and oxygen atoms in total. The third-order valence-electron chi connectivity index (χ3n) is 3.93. The standard InChI is InChI=1S/C21H21FN2O4/c1-13(2)18(21(27)28)24-20(26)17(12-14-8-10-16(22)11-9-14)23-19(25)15-6-4-3-5-7-15/h3-13,18H,1-2H3,(H,23,25)(H,24,26)(H,27,28)/b17-12+/t18-/m0/s1. The molecule has 146 valence electrons. The van der Waals surface area contributed by atoms with Crippen LogP contribution in [0, 0.1) is 11.7 Å². The van der Waals surface area contributed by atoms with Gasteiger partial charge in [0.25, 0.3) is 11.8 Å². The minimum Gasteiger partial charge on any atom is -0.480 e. The van der Waals surface area contributed by atoms with Crippen molar-refractivity contribution in [2.75, 3.05) is 0 Å². The highest BCUT2D eigenvalue weighted by Gasteiger charge is 2.25. The van der Waals surface area contributed by atoms with Crippen LogP contribution in [0.25, 0.3) is 6.08 Å². The Morgan fingerprint density at radius 3 is 2.14 bits per heavy atom. The molecule has 3 N–H and O–H groups in total. The van der Waals surface area contributed by atoms with E-state index in [9.17, 15) is 23.9 Å². The number of carbonyl (C=O) groups excluding carboxylic acids is 2. The van der Waals surface area contributed by atoms with Crippen molar-refractivity contribution in [1.82, 2.24) is 10.6 Å². The molecule has 0 radical (unpaired) electrons. The fourth-order valence-electron chi connectivity index (χ4n) is 2.40. The van der Waals surface area contributed by atoms with E-state index < -0.39 is 29.6 Å². The molecule has 2 amide bonds. The Labute approximate surface area is 162 Å². The lowest BCUT2D eigenvalue weighted by atomic mass is 10.0. The summed E-state index contributed by atoms with van der Waals surface area (Å²) in [4.78, 5) is 36.5. The first-order valence-electron chi connectivity index (χ1n) is 8.65. The highest BCUT2D eigenvalue weighted by Crippen LogP contribution is 2.10. The van der Waals surface area contributed by atoms with Gasteiger partial charge in [-0.1, -0.05) is 44.2 Å². The molecule has 2 rings (SSSR count). The van der Waals surface area contributed by atoms with E-state index in [0.717, 1.165) is 0 Å². The summed E-state index contributed by atoms with van der Waals surface area (Å²) in [6, 6.07) is 12.5. The maximum atomic E-state index is 13.1. The lowest BCUT2D eigenvalue weighted by Gasteiger charge is -2.19. The molecule has 2 aromatic rings. The Bertz CT molecular complexity index is 877. The molecule has 0 aromatic heterocycles. The molecule has 0 saturated heterocycles. The SMILES string of the molecule is CC(C)[C@H](NC(=O)/C(=C\c1ccc(F)cc1)NC(=O)c1ccccc1)C(=O)O. The molecule has 0 bridgehead atoms. The van der Waals surface area contributed by atoms with Crippen molar-refractivity contribution in [3.63, 3.8) is 0 Å². The van der Waals surface area contributed by atoms with Crippen LogP contribution in [-0.4, -0.2) is 28.9 Å². The molecule has 0 aliphatic rings. The Kier molecular flexibility index (Phi) is 7.03. The number of carbonyl (C=O) groups is 3. The second-order valence-corrected chi connectivity index (χ2v) is 6.46. The lowest BCUT2D eigenvalue weighted by Crippen LogP contribution is -2.47. The molecular weight excluding hydrogens is 363 g/mol. The number of amides is 2. The lowest BCUT2D eigenvalue weighted by molar-refractivity contribution is -0.142. The van der Waals surface area contributed by atoms with E-state index in [-0.39, 0.29) is 11.6 Å². The molecule has 28 heavy (non-hydrogen) atoms. The van der Waals surface area contributed by atoms with Crippen LogP contribution in [0.4, 0.5) is 4.39 Å². The van der Waals surface area contributed by atoms with Gasteiger partial charge in [0.2, 0.25) is 0 Å². The van der Waals surface area contributed by atoms with E-state index in [1.807, 2.05) is 0 Å². The quantitative estimate of drug-likeness (QED) is 0.640. The van der Waals surface area contributed by atoms with Crippen molar-refractivity contribution in [1.29, 1.82) is 0 Å². The molecule has 0 unspecified atom stereocenters. The van der Waals surface area contributed by atoms with Crippen molar-refractivity contribution in [3.05, 3.63) is 77.2 Å². The highest BCUT2D eigenvalue weighted by molar-refractivity contribution is 6.06. The number of halogens is 1. The number of carboxylic acids is 1. The van der Waals surface area contributed by atoms with Crippen LogP contribution in [0.5, 0.6) is 0 Å². The number of carboxylic acid groups (broad SMARTS) is 1. The van der Waals surface area contributed by atoms with Gasteiger partial charge in [0.15, 0.2) is 0 Å².